The van der Waals surface area contributed by atoms with Gasteiger partial charge in [-0.05, 0) is 47.0 Å². The molecule has 0 spiro atoms. The Kier molecular flexibility index (Phi) is 6.10. The molecule has 0 amide bonds. The van der Waals surface area contributed by atoms with Crippen molar-refractivity contribution in [1.82, 2.24) is 19.1 Å². The zero-order valence-corrected chi connectivity index (χ0v) is 20.6. The van der Waals surface area contributed by atoms with Crippen molar-refractivity contribution in [2.75, 3.05) is 0 Å². The van der Waals surface area contributed by atoms with Gasteiger partial charge < -0.3 is 9.67 Å². The van der Waals surface area contributed by atoms with Crippen LogP contribution in [0.15, 0.2) is 84.2 Å². The molecule has 3 heterocycles. The standard InChI is InChI=1S/C26H17Cl2F3N4O2/c1-34-14-32-13-22(34)25(37,16-5-7-18(27)8-6-16)17-10-21-20(15-3-2-4-19(28)9-15)11-23(36)35(26(29,30)31)24(21)33-12-17/h2-14,37H,1H3/t25-/m1/s1. The number of hydrogen-bond donors (Lipinski definition) is 1. The zero-order valence-electron chi connectivity index (χ0n) is 19.0. The Balaban J connectivity index is 1.88. The summed E-state index contributed by atoms with van der Waals surface area (Å²) in [4.78, 5) is 20.8. The third kappa shape index (κ3) is 4.29. The lowest BCUT2D eigenvalue weighted by molar-refractivity contribution is -0.203. The molecule has 0 unspecified atom stereocenters. The van der Waals surface area contributed by atoms with E-state index in [0.29, 0.717) is 26.9 Å². The largest absolute Gasteiger partial charge is 0.493 e. The number of imidazole rings is 1. The third-order valence-electron chi connectivity index (χ3n) is 6.11. The van der Waals surface area contributed by atoms with Crippen molar-refractivity contribution in [2.24, 2.45) is 7.05 Å². The van der Waals surface area contributed by atoms with E-state index in [1.807, 2.05) is 0 Å². The van der Waals surface area contributed by atoms with Crippen LogP contribution in [-0.4, -0.2) is 24.2 Å². The number of nitrogens with zero attached hydrogens (tertiary/aromatic N) is 4. The number of alkyl halides is 3. The molecular formula is C26H17Cl2F3N4O2. The molecule has 0 radical (unpaired) electrons. The van der Waals surface area contributed by atoms with Crippen LogP contribution in [0.1, 0.15) is 16.8 Å². The molecule has 0 aliphatic rings. The summed E-state index contributed by atoms with van der Waals surface area (Å²) in [5.74, 6) is 0. The van der Waals surface area contributed by atoms with E-state index >= 15 is 0 Å². The SMILES string of the molecule is Cn1cncc1[C@@](O)(c1ccc(Cl)cc1)c1cnc2c(c1)c(-c1cccc(Cl)c1)cc(=O)n2C(F)(F)F. The highest BCUT2D eigenvalue weighted by atomic mass is 35.5. The summed E-state index contributed by atoms with van der Waals surface area (Å²) in [7, 11) is 1.68. The van der Waals surface area contributed by atoms with Gasteiger partial charge in [-0.15, -0.1) is 13.2 Å². The van der Waals surface area contributed by atoms with Gasteiger partial charge in [-0.2, -0.15) is 0 Å². The normalized spacial score (nSPS) is 13.6. The highest BCUT2D eigenvalue weighted by Gasteiger charge is 2.39. The lowest BCUT2D eigenvalue weighted by atomic mass is 9.83. The van der Waals surface area contributed by atoms with E-state index in [2.05, 4.69) is 9.97 Å². The highest BCUT2D eigenvalue weighted by Crippen LogP contribution is 2.39. The predicted molar refractivity (Wildman–Crippen MR) is 135 cm³/mol. The first kappa shape index (κ1) is 25.0. The summed E-state index contributed by atoms with van der Waals surface area (Å²) in [6.07, 6.45) is -0.963. The second kappa shape index (κ2) is 9.02. The van der Waals surface area contributed by atoms with Gasteiger partial charge in [-0.1, -0.05) is 47.5 Å². The van der Waals surface area contributed by atoms with Gasteiger partial charge in [-0.25, -0.2) is 14.5 Å². The van der Waals surface area contributed by atoms with E-state index in [1.54, 1.807) is 54.1 Å². The van der Waals surface area contributed by atoms with E-state index in [0.717, 1.165) is 12.3 Å². The number of halogens is 5. The summed E-state index contributed by atoms with van der Waals surface area (Å²) in [5, 5.41) is 12.9. The molecule has 188 valence electrons. The Hall–Kier alpha value is -3.66. The van der Waals surface area contributed by atoms with Gasteiger partial charge in [0.05, 0.1) is 18.2 Å². The Morgan fingerprint density at radius 3 is 2.27 bits per heavy atom. The molecule has 0 fully saturated rings. The molecule has 1 atom stereocenters. The van der Waals surface area contributed by atoms with Gasteiger partial charge in [0.2, 0.25) is 0 Å². The quantitative estimate of drug-likeness (QED) is 0.307. The van der Waals surface area contributed by atoms with Crippen LogP contribution in [0.2, 0.25) is 10.0 Å². The van der Waals surface area contributed by atoms with Crippen molar-refractivity contribution < 1.29 is 18.3 Å². The molecule has 37 heavy (non-hydrogen) atoms. The van der Waals surface area contributed by atoms with E-state index in [-0.39, 0.29) is 21.1 Å². The first-order chi connectivity index (χ1) is 17.5. The van der Waals surface area contributed by atoms with Gasteiger partial charge in [0.15, 0.2) is 11.2 Å². The molecule has 0 saturated heterocycles. The summed E-state index contributed by atoms with van der Waals surface area (Å²) in [6, 6.07) is 15.1. The average molecular weight is 545 g/mol. The second-order valence-corrected chi connectivity index (χ2v) is 9.28. The number of rotatable bonds is 4. The van der Waals surface area contributed by atoms with Crippen molar-refractivity contribution in [3.63, 3.8) is 0 Å². The molecule has 0 aliphatic heterocycles. The van der Waals surface area contributed by atoms with Crippen LogP contribution in [-0.2, 0) is 18.9 Å². The maximum Gasteiger partial charge on any atom is 0.493 e. The van der Waals surface area contributed by atoms with E-state index in [1.165, 1.54) is 24.7 Å². The van der Waals surface area contributed by atoms with E-state index < -0.39 is 23.1 Å². The Labute approximate surface area is 218 Å². The molecule has 11 heteroatoms. The van der Waals surface area contributed by atoms with Gasteiger partial charge in [-0.3, -0.25) is 4.79 Å². The maximum atomic E-state index is 13.9. The minimum atomic E-state index is -5.02. The fourth-order valence-electron chi connectivity index (χ4n) is 4.40. The third-order valence-corrected chi connectivity index (χ3v) is 6.60. The first-order valence-corrected chi connectivity index (χ1v) is 11.6. The smallest absolute Gasteiger partial charge is 0.374 e. The Morgan fingerprint density at radius 1 is 0.919 bits per heavy atom. The Bertz CT molecular complexity index is 1700. The van der Waals surface area contributed by atoms with Crippen LogP contribution in [0.3, 0.4) is 0 Å². The number of aliphatic hydroxyl groups is 1. The first-order valence-electron chi connectivity index (χ1n) is 10.8. The molecule has 5 aromatic rings. The van der Waals surface area contributed by atoms with Crippen molar-refractivity contribution >= 4 is 34.2 Å². The van der Waals surface area contributed by atoms with E-state index in [9.17, 15) is 23.1 Å². The number of hydrogen-bond acceptors (Lipinski definition) is 4. The molecule has 2 aromatic carbocycles. The van der Waals surface area contributed by atoms with Crippen molar-refractivity contribution in [1.29, 1.82) is 0 Å². The molecule has 0 saturated carbocycles. The van der Waals surface area contributed by atoms with Crippen LogP contribution in [0, 0.1) is 0 Å². The lowest BCUT2D eigenvalue weighted by Gasteiger charge is -2.30. The monoisotopic (exact) mass is 544 g/mol. The van der Waals surface area contributed by atoms with Gasteiger partial charge in [0, 0.05) is 40.3 Å². The number of pyridine rings is 2. The molecule has 6 nitrogen and oxygen atoms in total. The van der Waals surface area contributed by atoms with Crippen LogP contribution in [0.5, 0.6) is 0 Å². The zero-order chi connectivity index (χ0) is 26.5. The number of aromatic nitrogens is 4. The van der Waals surface area contributed by atoms with E-state index in [4.69, 9.17) is 23.2 Å². The fourth-order valence-corrected chi connectivity index (χ4v) is 4.72. The van der Waals surface area contributed by atoms with Gasteiger partial charge >= 0.3 is 6.30 Å². The summed E-state index contributed by atoms with van der Waals surface area (Å²) >= 11 is 12.2. The number of benzene rings is 2. The Morgan fingerprint density at radius 2 is 1.65 bits per heavy atom. The van der Waals surface area contributed by atoms with Crippen molar-refractivity contribution in [3.8, 4) is 11.1 Å². The average Bonchev–Trinajstić information content (AvgIpc) is 3.28. The molecule has 5 rings (SSSR count). The molecule has 3 aromatic heterocycles. The van der Waals surface area contributed by atoms with Crippen molar-refractivity contribution in [3.05, 3.63) is 117 Å². The van der Waals surface area contributed by atoms with Crippen LogP contribution < -0.4 is 5.56 Å². The number of fused-ring (bicyclic) bond motifs is 1. The lowest BCUT2D eigenvalue weighted by Crippen LogP contribution is -2.33. The molecular weight excluding hydrogens is 528 g/mol. The predicted octanol–water partition coefficient (Wildman–Crippen LogP) is 5.86. The molecule has 1 N–H and O–H groups in total. The minimum absolute atomic E-state index is 0.00810. The highest BCUT2D eigenvalue weighted by molar-refractivity contribution is 6.31. The summed E-state index contributed by atoms with van der Waals surface area (Å²) in [6.45, 7) is 0. The van der Waals surface area contributed by atoms with Gasteiger partial charge in [0.1, 0.15) is 0 Å². The van der Waals surface area contributed by atoms with Crippen LogP contribution in [0.4, 0.5) is 13.2 Å². The second-order valence-electron chi connectivity index (χ2n) is 8.41. The fraction of sp³-hybridized carbons (Fsp3) is 0.115. The minimum Gasteiger partial charge on any atom is -0.374 e. The number of aryl methyl sites for hydroxylation is 1. The topological polar surface area (TPSA) is 72.9 Å². The molecule has 0 aliphatic carbocycles. The van der Waals surface area contributed by atoms with Crippen LogP contribution in [0.25, 0.3) is 22.2 Å². The molecule has 0 bridgehead atoms. The van der Waals surface area contributed by atoms with Crippen LogP contribution >= 0.6 is 23.2 Å². The summed E-state index contributed by atoms with van der Waals surface area (Å²) in [5.41, 5.74) is -2.31. The van der Waals surface area contributed by atoms with Crippen molar-refractivity contribution in [2.45, 2.75) is 11.9 Å². The summed E-state index contributed by atoms with van der Waals surface area (Å²) < 4.78 is 43.0. The van der Waals surface area contributed by atoms with Gasteiger partial charge in [0.25, 0.3) is 5.56 Å². The maximum absolute atomic E-state index is 13.9.